The fraction of sp³-hybridized carbons (Fsp3) is 0.509. The van der Waals surface area contributed by atoms with Crippen molar-refractivity contribution in [3.8, 4) is 22.8 Å². The number of aromatic nitrogens is 2. The maximum absolute atomic E-state index is 15.3. The first-order valence-electron chi connectivity index (χ1n) is 23.9. The van der Waals surface area contributed by atoms with Crippen LogP contribution in [0.1, 0.15) is 103 Å². The summed E-state index contributed by atoms with van der Waals surface area (Å²) in [7, 11) is -2.00. The van der Waals surface area contributed by atoms with Crippen LogP contribution >= 0.6 is 0 Å². The molecule has 0 saturated heterocycles. The molecule has 1 aliphatic rings. The lowest BCUT2D eigenvalue weighted by molar-refractivity contribution is -0.556. The van der Waals surface area contributed by atoms with Gasteiger partial charge in [0.1, 0.15) is 28.7 Å². The average Bonchev–Trinajstić information content (AvgIpc) is 3.57. The normalized spacial score (nSPS) is 13.7. The van der Waals surface area contributed by atoms with Crippen LogP contribution in [0, 0.1) is 17.6 Å². The second-order valence-electron chi connectivity index (χ2n) is 19.7. The summed E-state index contributed by atoms with van der Waals surface area (Å²) in [6.45, 7) is 19.4. The number of carbonyl (C=O) groups is 2. The maximum atomic E-state index is 15.3. The Kier molecular flexibility index (Phi) is 19.8. The predicted octanol–water partition coefficient (Wildman–Crippen LogP) is 9.48. The lowest BCUT2D eigenvalue weighted by Crippen LogP contribution is -2.43. The highest BCUT2D eigenvalue weighted by molar-refractivity contribution is 6.74. The molecule has 5 rings (SSSR count). The number of carbonyl (C=O) groups excluding carboxylic acids is 2. The number of aliphatic hydroxyl groups excluding tert-OH is 1. The van der Waals surface area contributed by atoms with Crippen molar-refractivity contribution < 1.29 is 46.7 Å². The summed E-state index contributed by atoms with van der Waals surface area (Å²) in [5, 5.41) is 18.1. The third-order valence-electron chi connectivity index (χ3n) is 11.9. The molecular weight excluding hydrogens is 868 g/mol. The zero-order valence-corrected chi connectivity index (χ0v) is 42.1. The minimum Gasteiger partial charge on any atom is -0.544 e. The molecule has 0 spiro atoms. The van der Waals surface area contributed by atoms with E-state index < -0.39 is 25.8 Å². The molecule has 0 radical (unpaired) electrons. The molecular formula is C53H74FN4O8Si+. The van der Waals surface area contributed by atoms with E-state index in [-0.39, 0.29) is 28.5 Å². The highest BCUT2D eigenvalue weighted by Gasteiger charge is 2.39. The Hall–Kier alpha value is -5.31. The summed E-state index contributed by atoms with van der Waals surface area (Å²) in [4.78, 5) is 28.9. The number of unbranched alkanes of at least 4 members (excludes halogenated alkanes) is 5. The Labute approximate surface area is 398 Å². The number of amides is 2. The number of alkyl carbamates (subject to hydrolysis) is 1. The molecule has 0 aliphatic carbocycles. The van der Waals surface area contributed by atoms with E-state index in [1.165, 1.54) is 6.07 Å². The van der Waals surface area contributed by atoms with Crippen LogP contribution in [0.25, 0.3) is 17.3 Å². The highest BCUT2D eigenvalue weighted by Crippen LogP contribution is 2.37. The molecule has 12 nitrogen and oxygen atoms in total. The monoisotopic (exact) mass is 942 g/mol. The van der Waals surface area contributed by atoms with E-state index in [1.807, 2.05) is 65.0 Å². The number of halogens is 1. The quantitative estimate of drug-likeness (QED) is 0.0319. The summed E-state index contributed by atoms with van der Waals surface area (Å²) in [5.74, 6) is 0.431. The van der Waals surface area contributed by atoms with Gasteiger partial charge in [0.2, 0.25) is 25.8 Å². The van der Waals surface area contributed by atoms with Gasteiger partial charge in [-0.05, 0) is 106 Å². The SMILES string of the molecule is CC(C)(C)OC(=O)NCCOCCOCCC(=O)NCCCCCCCCOc1ccc(CC2C=c3c(Cc4ccccc4)nc(-c4ccc(O[Si](C)(C)C(C)(C)C)cc4)c[n+]3=C2O)cc1F. The third-order valence-corrected chi connectivity index (χ3v) is 16.3. The van der Waals surface area contributed by atoms with E-state index in [4.69, 9.17) is 28.4 Å². The number of nitrogens with one attached hydrogen (secondary N) is 2. The molecule has 3 N–H and O–H groups in total. The van der Waals surface area contributed by atoms with Gasteiger partial charge in [0.15, 0.2) is 11.6 Å². The van der Waals surface area contributed by atoms with E-state index in [0.29, 0.717) is 65.4 Å². The number of nitrogens with zero attached hydrogens (tertiary/aromatic N) is 2. The van der Waals surface area contributed by atoms with Gasteiger partial charge in [-0.25, -0.2) is 14.2 Å². The molecule has 67 heavy (non-hydrogen) atoms. The number of rotatable bonds is 26. The van der Waals surface area contributed by atoms with E-state index >= 15 is 4.39 Å². The first-order valence-corrected chi connectivity index (χ1v) is 26.8. The van der Waals surface area contributed by atoms with Crippen LogP contribution in [-0.2, 0) is 31.8 Å². The molecule has 2 heterocycles. The maximum Gasteiger partial charge on any atom is 0.407 e. The van der Waals surface area contributed by atoms with Crippen molar-refractivity contribution in [1.82, 2.24) is 15.6 Å². The van der Waals surface area contributed by atoms with Gasteiger partial charge >= 0.3 is 12.0 Å². The van der Waals surface area contributed by atoms with Crippen molar-refractivity contribution in [3.05, 3.63) is 113 Å². The number of benzene rings is 3. The van der Waals surface area contributed by atoms with Crippen LogP contribution in [0.15, 0.2) is 79.0 Å². The molecule has 1 atom stereocenters. The molecule has 0 fully saturated rings. The van der Waals surface area contributed by atoms with E-state index in [1.54, 1.807) is 26.8 Å². The Morgan fingerprint density at radius 3 is 2.16 bits per heavy atom. The molecule has 364 valence electrons. The summed E-state index contributed by atoms with van der Waals surface area (Å²) < 4.78 is 45.6. The Morgan fingerprint density at radius 2 is 1.48 bits per heavy atom. The minimum absolute atomic E-state index is 0.0384. The number of hydrogen-bond acceptors (Lipinski definition) is 9. The second-order valence-corrected chi connectivity index (χ2v) is 24.4. The lowest BCUT2D eigenvalue weighted by atomic mass is 9.99. The zero-order chi connectivity index (χ0) is 48.5. The van der Waals surface area contributed by atoms with Crippen LogP contribution in [0.2, 0.25) is 18.1 Å². The molecule has 1 aromatic heterocycles. The predicted molar refractivity (Wildman–Crippen MR) is 263 cm³/mol. The summed E-state index contributed by atoms with van der Waals surface area (Å²) in [5.41, 5.74) is 3.84. The first kappa shape index (κ1) is 52.7. The van der Waals surface area contributed by atoms with Crippen molar-refractivity contribution in [2.75, 3.05) is 46.1 Å². The smallest absolute Gasteiger partial charge is 0.407 e. The van der Waals surface area contributed by atoms with Gasteiger partial charge in [0, 0.05) is 37.6 Å². The number of aliphatic hydroxyl groups is 1. The van der Waals surface area contributed by atoms with E-state index in [0.717, 1.165) is 77.7 Å². The average molecular weight is 942 g/mol. The number of fused-ring (bicyclic) bond motifs is 1. The summed E-state index contributed by atoms with van der Waals surface area (Å²) >= 11 is 0. The Balaban J connectivity index is 1.00. The molecule has 2 amide bonds. The highest BCUT2D eigenvalue weighted by atomic mass is 28.4. The first-order chi connectivity index (χ1) is 31.9. The summed E-state index contributed by atoms with van der Waals surface area (Å²) in [6.07, 6.45) is 10.5. The van der Waals surface area contributed by atoms with Crippen LogP contribution in [-0.4, -0.2) is 82.1 Å². The molecule has 4 aromatic rings. The second kappa shape index (κ2) is 25.2. The van der Waals surface area contributed by atoms with Crippen molar-refractivity contribution in [3.63, 3.8) is 0 Å². The van der Waals surface area contributed by atoms with Crippen molar-refractivity contribution in [2.24, 2.45) is 5.92 Å². The van der Waals surface area contributed by atoms with E-state index in [9.17, 15) is 14.7 Å². The molecule has 3 aromatic carbocycles. The van der Waals surface area contributed by atoms with Crippen LogP contribution in [0.5, 0.6) is 11.5 Å². The molecule has 1 aliphatic heterocycles. The Morgan fingerprint density at radius 1 is 0.791 bits per heavy atom. The largest absolute Gasteiger partial charge is 0.544 e. The molecule has 0 saturated carbocycles. The lowest BCUT2D eigenvalue weighted by Gasteiger charge is -2.36. The van der Waals surface area contributed by atoms with Crippen LogP contribution in [0.3, 0.4) is 0 Å². The van der Waals surface area contributed by atoms with Crippen LogP contribution in [0.4, 0.5) is 9.18 Å². The number of hydrogen-bond donors (Lipinski definition) is 3. The van der Waals surface area contributed by atoms with Gasteiger partial charge in [-0.15, -0.1) is 4.24 Å². The fourth-order valence-corrected chi connectivity index (χ4v) is 8.25. The standard InChI is InChI=1S/C53H73FN4O8Si/c1-52(2,3)65-51(61)56-28-31-63-33-32-62-30-26-49(59)55-27-16-11-9-10-12-17-29-64-48-25-20-40(35-44(48)54)34-42-37-47-45(36-39-18-14-13-15-19-39)57-46(38-58(47)50(42)60)41-21-23-43(24-22-41)66-67(7,8)53(4,5)6/h13-15,18-25,35,37-38,42H,9-12,16-17,26-34,36H2,1-8H3,(H2,55,56,59,61)/p+1. The minimum atomic E-state index is -2.00. The van der Waals surface area contributed by atoms with Crippen LogP contribution < -0.4 is 29.4 Å². The van der Waals surface area contributed by atoms with Gasteiger partial charge in [0.05, 0.1) is 33.0 Å². The van der Waals surface area contributed by atoms with Gasteiger partial charge in [0.25, 0.3) is 0 Å². The van der Waals surface area contributed by atoms with Crippen molar-refractivity contribution in [1.29, 1.82) is 0 Å². The van der Waals surface area contributed by atoms with Gasteiger partial charge < -0.3 is 39.1 Å². The topological polar surface area (TPSA) is 143 Å². The Bertz CT molecular complexity index is 2330. The van der Waals surface area contributed by atoms with E-state index in [2.05, 4.69) is 56.6 Å². The molecule has 1 unspecified atom stereocenters. The number of ether oxygens (including phenoxy) is 4. The van der Waals surface area contributed by atoms with Gasteiger partial charge in [-0.2, -0.15) is 0 Å². The fourth-order valence-electron chi connectivity index (χ4n) is 7.22. The van der Waals surface area contributed by atoms with Crippen molar-refractivity contribution >= 4 is 26.4 Å². The molecule has 0 bridgehead atoms. The van der Waals surface area contributed by atoms with Gasteiger partial charge in [-0.1, -0.05) is 82.9 Å². The summed E-state index contributed by atoms with van der Waals surface area (Å²) in [6, 6.07) is 23.3. The third kappa shape index (κ3) is 17.4. The molecule has 14 heteroatoms. The van der Waals surface area contributed by atoms with Gasteiger partial charge in [-0.3, -0.25) is 4.79 Å². The zero-order valence-electron chi connectivity index (χ0n) is 41.1. The van der Waals surface area contributed by atoms with Crippen molar-refractivity contribution in [2.45, 2.75) is 123 Å².